The van der Waals surface area contributed by atoms with Gasteiger partial charge in [-0.15, -0.1) is 0 Å². The van der Waals surface area contributed by atoms with Gasteiger partial charge in [0.2, 0.25) is 0 Å². The van der Waals surface area contributed by atoms with Gasteiger partial charge in [-0.2, -0.15) is 0 Å². The largest absolute Gasteiger partial charge is 0.496 e. The van der Waals surface area contributed by atoms with E-state index >= 15 is 0 Å². The first-order valence-electron chi connectivity index (χ1n) is 7.39. The van der Waals surface area contributed by atoms with Crippen molar-refractivity contribution in [1.82, 2.24) is 5.32 Å². The molecule has 0 spiro atoms. The van der Waals surface area contributed by atoms with Crippen molar-refractivity contribution in [2.24, 2.45) is 0 Å². The van der Waals surface area contributed by atoms with E-state index in [4.69, 9.17) is 14.2 Å². The highest BCUT2D eigenvalue weighted by Gasteiger charge is 2.15. The minimum absolute atomic E-state index is 0.311. The zero-order valence-electron chi connectivity index (χ0n) is 12.5. The number of benzene rings is 1. The van der Waals surface area contributed by atoms with Gasteiger partial charge >= 0.3 is 0 Å². The van der Waals surface area contributed by atoms with Crippen LogP contribution in [-0.2, 0) is 22.6 Å². The number of hydrogen-bond acceptors (Lipinski definition) is 4. The molecule has 112 valence electrons. The third-order valence-electron chi connectivity index (χ3n) is 3.57. The van der Waals surface area contributed by atoms with Crippen molar-refractivity contribution in [3.8, 4) is 5.75 Å². The third-order valence-corrected chi connectivity index (χ3v) is 3.57. The first-order valence-corrected chi connectivity index (χ1v) is 7.39. The van der Waals surface area contributed by atoms with Crippen LogP contribution in [0.25, 0.3) is 0 Å². The van der Waals surface area contributed by atoms with Crippen molar-refractivity contribution in [2.75, 3.05) is 26.9 Å². The Bertz CT molecular complexity index is 403. The summed E-state index contributed by atoms with van der Waals surface area (Å²) in [5, 5.41) is 3.34. The lowest BCUT2D eigenvalue weighted by Crippen LogP contribution is -2.23. The second kappa shape index (κ2) is 8.25. The van der Waals surface area contributed by atoms with Gasteiger partial charge in [-0.05, 0) is 37.1 Å². The van der Waals surface area contributed by atoms with Crippen LogP contribution >= 0.6 is 0 Å². The normalized spacial score (nSPS) is 16.3. The molecule has 2 rings (SSSR count). The van der Waals surface area contributed by atoms with Crippen molar-refractivity contribution >= 4 is 0 Å². The molecule has 1 aliphatic rings. The van der Waals surface area contributed by atoms with E-state index in [-0.39, 0.29) is 0 Å². The lowest BCUT2D eigenvalue weighted by atomic mass is 10.1. The molecule has 0 bridgehead atoms. The topological polar surface area (TPSA) is 39.7 Å². The molecule has 0 atom stereocenters. The van der Waals surface area contributed by atoms with Crippen LogP contribution < -0.4 is 10.1 Å². The van der Waals surface area contributed by atoms with E-state index in [2.05, 4.69) is 24.4 Å². The molecule has 1 aromatic rings. The summed E-state index contributed by atoms with van der Waals surface area (Å²) in [6, 6.07) is 6.29. The van der Waals surface area contributed by atoms with Crippen LogP contribution in [-0.4, -0.2) is 33.0 Å². The van der Waals surface area contributed by atoms with Crippen molar-refractivity contribution in [3.63, 3.8) is 0 Å². The smallest absolute Gasteiger partial charge is 0.124 e. The van der Waals surface area contributed by atoms with E-state index in [0.29, 0.717) is 12.7 Å². The summed E-state index contributed by atoms with van der Waals surface area (Å²) in [4.78, 5) is 0. The molecule has 1 aliphatic heterocycles. The van der Waals surface area contributed by atoms with Gasteiger partial charge in [0.05, 0.1) is 19.8 Å². The van der Waals surface area contributed by atoms with E-state index in [0.717, 1.165) is 50.5 Å². The van der Waals surface area contributed by atoms with Gasteiger partial charge in [0.15, 0.2) is 0 Å². The maximum Gasteiger partial charge on any atom is 0.124 e. The predicted molar refractivity (Wildman–Crippen MR) is 79.0 cm³/mol. The summed E-state index contributed by atoms with van der Waals surface area (Å²) in [5.41, 5.74) is 2.38. The Balaban J connectivity index is 1.96. The van der Waals surface area contributed by atoms with Crippen LogP contribution in [0.5, 0.6) is 5.75 Å². The van der Waals surface area contributed by atoms with E-state index in [1.807, 2.05) is 6.07 Å². The molecular weight excluding hydrogens is 254 g/mol. The van der Waals surface area contributed by atoms with Crippen LogP contribution in [0.15, 0.2) is 18.2 Å². The van der Waals surface area contributed by atoms with Gasteiger partial charge in [-0.3, -0.25) is 0 Å². The molecule has 0 aromatic heterocycles. The molecule has 4 nitrogen and oxygen atoms in total. The fourth-order valence-corrected chi connectivity index (χ4v) is 2.37. The quantitative estimate of drug-likeness (QED) is 0.832. The first kappa shape index (κ1) is 15.3. The average molecular weight is 279 g/mol. The number of methoxy groups -OCH3 is 1. The van der Waals surface area contributed by atoms with Crippen LogP contribution in [0, 0.1) is 0 Å². The Kier molecular flexibility index (Phi) is 6.30. The molecule has 1 saturated heterocycles. The number of ether oxygens (including phenoxy) is 3. The van der Waals surface area contributed by atoms with Gasteiger partial charge in [-0.1, -0.05) is 13.0 Å². The Morgan fingerprint density at radius 2 is 2.10 bits per heavy atom. The lowest BCUT2D eigenvalue weighted by molar-refractivity contribution is -0.0394. The summed E-state index contributed by atoms with van der Waals surface area (Å²) in [7, 11) is 1.71. The van der Waals surface area contributed by atoms with E-state index in [9.17, 15) is 0 Å². The van der Waals surface area contributed by atoms with E-state index < -0.39 is 0 Å². The van der Waals surface area contributed by atoms with Crippen LogP contribution in [0.3, 0.4) is 0 Å². The van der Waals surface area contributed by atoms with Crippen LogP contribution in [0.4, 0.5) is 0 Å². The first-order chi connectivity index (χ1) is 9.83. The molecule has 4 heteroatoms. The molecule has 0 amide bonds. The third kappa shape index (κ3) is 4.47. The molecule has 1 fully saturated rings. The van der Waals surface area contributed by atoms with Gasteiger partial charge in [0, 0.05) is 25.3 Å². The van der Waals surface area contributed by atoms with Gasteiger partial charge in [0.25, 0.3) is 0 Å². The summed E-state index contributed by atoms with van der Waals surface area (Å²) < 4.78 is 16.8. The molecule has 1 heterocycles. The fraction of sp³-hybridized carbons (Fsp3) is 0.625. The predicted octanol–water partition coefficient (Wildman–Crippen LogP) is 2.50. The maximum atomic E-state index is 5.99. The van der Waals surface area contributed by atoms with Gasteiger partial charge in [-0.25, -0.2) is 0 Å². The van der Waals surface area contributed by atoms with Gasteiger partial charge in [0.1, 0.15) is 5.75 Å². The minimum Gasteiger partial charge on any atom is -0.496 e. The van der Waals surface area contributed by atoms with Crippen LogP contribution in [0.2, 0.25) is 0 Å². The monoisotopic (exact) mass is 279 g/mol. The number of rotatable bonds is 7. The highest BCUT2D eigenvalue weighted by Crippen LogP contribution is 2.22. The molecular formula is C16H25NO3. The number of nitrogens with one attached hydrogen (secondary N) is 1. The van der Waals surface area contributed by atoms with Crippen molar-refractivity contribution < 1.29 is 14.2 Å². The molecule has 0 aliphatic carbocycles. The summed E-state index contributed by atoms with van der Waals surface area (Å²) in [5.74, 6) is 0.900. The zero-order valence-corrected chi connectivity index (χ0v) is 12.5. The van der Waals surface area contributed by atoms with Crippen molar-refractivity contribution in [2.45, 2.75) is 39.0 Å². The Morgan fingerprint density at radius 3 is 2.80 bits per heavy atom. The maximum absolute atomic E-state index is 5.99. The SMILES string of the molecule is CCNCc1ccc(OC)c(COC2CCOCC2)c1. The van der Waals surface area contributed by atoms with Gasteiger partial charge < -0.3 is 19.5 Å². The fourth-order valence-electron chi connectivity index (χ4n) is 2.37. The highest BCUT2D eigenvalue weighted by molar-refractivity contribution is 5.36. The summed E-state index contributed by atoms with van der Waals surface area (Å²) >= 11 is 0. The molecule has 1 N–H and O–H groups in total. The zero-order chi connectivity index (χ0) is 14.2. The van der Waals surface area contributed by atoms with E-state index in [1.54, 1.807) is 7.11 Å². The summed E-state index contributed by atoms with van der Waals surface area (Å²) in [6.07, 6.45) is 2.28. The van der Waals surface area contributed by atoms with Crippen molar-refractivity contribution in [3.05, 3.63) is 29.3 Å². The molecule has 0 radical (unpaired) electrons. The molecule has 0 unspecified atom stereocenters. The highest BCUT2D eigenvalue weighted by atomic mass is 16.5. The Hall–Kier alpha value is -1.10. The molecule has 0 saturated carbocycles. The lowest BCUT2D eigenvalue weighted by Gasteiger charge is -2.23. The van der Waals surface area contributed by atoms with Crippen LogP contribution in [0.1, 0.15) is 30.9 Å². The average Bonchev–Trinajstić information content (AvgIpc) is 2.52. The number of hydrogen-bond donors (Lipinski definition) is 1. The Labute approximate surface area is 121 Å². The minimum atomic E-state index is 0.311. The van der Waals surface area contributed by atoms with Crippen molar-refractivity contribution in [1.29, 1.82) is 0 Å². The summed E-state index contributed by atoms with van der Waals surface area (Å²) in [6.45, 7) is 6.18. The molecule has 1 aromatic carbocycles. The second-order valence-electron chi connectivity index (χ2n) is 5.05. The standard InChI is InChI=1S/C16H25NO3/c1-3-17-11-13-4-5-16(18-2)14(10-13)12-20-15-6-8-19-9-7-15/h4-5,10,15,17H,3,6-9,11-12H2,1-2H3. The van der Waals surface area contributed by atoms with E-state index in [1.165, 1.54) is 5.56 Å². The molecule has 20 heavy (non-hydrogen) atoms. The second-order valence-corrected chi connectivity index (χ2v) is 5.05. The Morgan fingerprint density at radius 1 is 1.30 bits per heavy atom.